The quantitative estimate of drug-likeness (QED) is 0.768. The zero-order valence-electron chi connectivity index (χ0n) is 13.0. The molecule has 1 unspecified atom stereocenters. The highest BCUT2D eigenvalue weighted by Gasteiger charge is 2.14. The number of halogens is 2. The first kappa shape index (κ1) is 16.3. The van der Waals surface area contributed by atoms with Gasteiger partial charge in [-0.3, -0.25) is 4.79 Å². The zero-order chi connectivity index (χ0) is 17.3. The highest BCUT2D eigenvalue weighted by Crippen LogP contribution is 2.32. The highest BCUT2D eigenvalue weighted by molar-refractivity contribution is 7.20. The van der Waals surface area contributed by atoms with Crippen LogP contribution in [-0.2, 0) is 4.79 Å². The molecule has 1 heterocycles. The summed E-state index contributed by atoms with van der Waals surface area (Å²) in [5.74, 6) is -1.66. The maximum Gasteiger partial charge on any atom is 0.279 e. The molecule has 0 radical (unpaired) electrons. The van der Waals surface area contributed by atoms with Crippen molar-refractivity contribution in [3.63, 3.8) is 0 Å². The summed E-state index contributed by atoms with van der Waals surface area (Å²) in [5.41, 5.74) is 1.20. The molecule has 0 aliphatic carbocycles. The van der Waals surface area contributed by atoms with Crippen molar-refractivity contribution in [2.75, 3.05) is 7.05 Å². The fourth-order valence-electron chi connectivity index (χ4n) is 2.24. The number of fused-ring (bicyclic) bond motifs is 1. The molecule has 3 rings (SSSR count). The van der Waals surface area contributed by atoms with Crippen molar-refractivity contribution in [2.24, 2.45) is 0 Å². The monoisotopic (exact) mass is 348 g/mol. The van der Waals surface area contributed by atoms with Crippen LogP contribution in [0.4, 0.5) is 8.78 Å². The van der Waals surface area contributed by atoms with E-state index >= 15 is 0 Å². The van der Waals surface area contributed by atoms with Crippen LogP contribution >= 0.6 is 11.3 Å². The molecule has 0 spiro atoms. The van der Waals surface area contributed by atoms with Crippen LogP contribution in [0.5, 0.6) is 10.9 Å². The van der Waals surface area contributed by atoms with Gasteiger partial charge < -0.3 is 10.1 Å². The van der Waals surface area contributed by atoms with E-state index in [4.69, 9.17) is 4.74 Å². The molecule has 0 saturated carbocycles. The van der Waals surface area contributed by atoms with E-state index < -0.39 is 11.6 Å². The average molecular weight is 348 g/mol. The molecule has 0 bridgehead atoms. The number of nitrogens with one attached hydrogen (secondary N) is 1. The molecule has 3 aromatic rings. The number of hydrogen-bond acceptors (Lipinski definition) is 4. The van der Waals surface area contributed by atoms with Crippen molar-refractivity contribution < 1.29 is 18.3 Å². The van der Waals surface area contributed by atoms with Gasteiger partial charge in [-0.25, -0.2) is 13.8 Å². The summed E-state index contributed by atoms with van der Waals surface area (Å²) in [6.45, 7) is 1.81. The topological polar surface area (TPSA) is 51.2 Å². The van der Waals surface area contributed by atoms with Crippen molar-refractivity contribution in [2.45, 2.75) is 12.8 Å². The SMILES string of the molecule is CNC(=O)C(C)c1ccc(Oc2nc3cc(F)c(F)cc3s2)cc1. The van der Waals surface area contributed by atoms with Gasteiger partial charge in [-0.15, -0.1) is 0 Å². The van der Waals surface area contributed by atoms with Crippen LogP contribution in [0.3, 0.4) is 0 Å². The maximum absolute atomic E-state index is 13.2. The summed E-state index contributed by atoms with van der Waals surface area (Å²) in [5, 5.41) is 2.90. The molecule has 0 fully saturated rings. The Morgan fingerprint density at radius 3 is 2.54 bits per heavy atom. The predicted molar refractivity (Wildman–Crippen MR) is 88.5 cm³/mol. The number of carbonyl (C=O) groups is 1. The van der Waals surface area contributed by atoms with Gasteiger partial charge >= 0.3 is 0 Å². The molecular formula is C17H14F2N2O2S. The molecule has 124 valence electrons. The fourth-order valence-corrected chi connectivity index (χ4v) is 3.08. The normalized spacial score (nSPS) is 12.2. The van der Waals surface area contributed by atoms with E-state index in [1.165, 1.54) is 0 Å². The van der Waals surface area contributed by atoms with E-state index in [1.54, 1.807) is 31.3 Å². The van der Waals surface area contributed by atoms with E-state index in [9.17, 15) is 13.6 Å². The number of rotatable bonds is 4. The lowest BCUT2D eigenvalue weighted by atomic mass is 10.0. The summed E-state index contributed by atoms with van der Waals surface area (Å²) in [6, 6.07) is 9.18. The summed E-state index contributed by atoms with van der Waals surface area (Å²) in [4.78, 5) is 15.8. The summed E-state index contributed by atoms with van der Waals surface area (Å²) in [7, 11) is 1.59. The van der Waals surface area contributed by atoms with Crippen molar-refractivity contribution in [3.05, 3.63) is 53.6 Å². The van der Waals surface area contributed by atoms with Gasteiger partial charge in [0.1, 0.15) is 5.75 Å². The third kappa shape index (κ3) is 3.21. The Morgan fingerprint density at radius 1 is 1.21 bits per heavy atom. The van der Waals surface area contributed by atoms with Gasteiger partial charge in [0.15, 0.2) is 11.6 Å². The molecule has 1 N–H and O–H groups in total. The first-order valence-electron chi connectivity index (χ1n) is 7.23. The van der Waals surface area contributed by atoms with Gasteiger partial charge in [-0.1, -0.05) is 23.5 Å². The van der Waals surface area contributed by atoms with E-state index in [2.05, 4.69) is 10.3 Å². The second-order valence-electron chi connectivity index (χ2n) is 5.22. The van der Waals surface area contributed by atoms with Crippen molar-refractivity contribution >= 4 is 27.5 Å². The van der Waals surface area contributed by atoms with Crippen LogP contribution in [0.2, 0.25) is 0 Å². The number of benzene rings is 2. The number of ether oxygens (including phenoxy) is 1. The first-order chi connectivity index (χ1) is 11.5. The first-order valence-corrected chi connectivity index (χ1v) is 8.04. The number of nitrogens with zero attached hydrogens (tertiary/aromatic N) is 1. The standard InChI is InChI=1S/C17H14F2N2O2S/c1-9(16(22)20-2)10-3-5-11(6-4-10)23-17-21-14-7-12(18)13(19)8-15(14)24-17/h3-9H,1-2H3,(H,20,22). The molecular weight excluding hydrogens is 334 g/mol. The molecule has 24 heavy (non-hydrogen) atoms. The predicted octanol–water partition coefficient (Wildman–Crippen LogP) is 4.22. The van der Waals surface area contributed by atoms with E-state index in [1.807, 2.05) is 6.92 Å². The van der Waals surface area contributed by atoms with Crippen LogP contribution in [0.1, 0.15) is 18.4 Å². The average Bonchev–Trinajstić information content (AvgIpc) is 2.95. The Balaban J connectivity index is 1.80. The van der Waals surface area contributed by atoms with Gasteiger partial charge in [0.2, 0.25) is 5.91 Å². The minimum atomic E-state index is -0.938. The second-order valence-corrected chi connectivity index (χ2v) is 6.21. The Morgan fingerprint density at radius 2 is 1.88 bits per heavy atom. The molecule has 0 saturated heterocycles. The molecule has 2 aromatic carbocycles. The number of likely N-dealkylation sites (N-methyl/N-ethyl adjacent to an activating group) is 1. The van der Waals surface area contributed by atoms with Gasteiger partial charge in [-0.2, -0.15) is 0 Å². The number of thiazole rings is 1. The number of aromatic nitrogens is 1. The molecule has 0 aliphatic rings. The Labute approximate surface area is 141 Å². The molecule has 1 atom stereocenters. The molecule has 1 amide bonds. The van der Waals surface area contributed by atoms with Crippen molar-refractivity contribution in [3.8, 4) is 10.9 Å². The third-order valence-electron chi connectivity index (χ3n) is 3.64. The zero-order valence-corrected chi connectivity index (χ0v) is 13.8. The molecule has 4 nitrogen and oxygen atoms in total. The van der Waals surface area contributed by atoms with Gasteiger partial charge in [-0.05, 0) is 30.7 Å². The number of hydrogen-bond donors (Lipinski definition) is 1. The number of carbonyl (C=O) groups excluding carboxylic acids is 1. The smallest absolute Gasteiger partial charge is 0.279 e. The highest BCUT2D eigenvalue weighted by atomic mass is 32.1. The summed E-state index contributed by atoms with van der Waals surface area (Å²) in [6.07, 6.45) is 0. The molecule has 0 aliphatic heterocycles. The minimum Gasteiger partial charge on any atom is -0.431 e. The number of amides is 1. The lowest BCUT2D eigenvalue weighted by Gasteiger charge is -2.10. The lowest BCUT2D eigenvalue weighted by molar-refractivity contribution is -0.121. The molecule has 7 heteroatoms. The Kier molecular flexibility index (Phi) is 4.44. The van der Waals surface area contributed by atoms with Gasteiger partial charge in [0.25, 0.3) is 5.19 Å². The van der Waals surface area contributed by atoms with Crippen LogP contribution < -0.4 is 10.1 Å². The van der Waals surface area contributed by atoms with Crippen LogP contribution in [0, 0.1) is 11.6 Å². The van der Waals surface area contributed by atoms with Crippen molar-refractivity contribution in [1.82, 2.24) is 10.3 Å². The lowest BCUT2D eigenvalue weighted by Crippen LogP contribution is -2.23. The largest absolute Gasteiger partial charge is 0.431 e. The maximum atomic E-state index is 13.2. The Bertz CT molecular complexity index is 854. The van der Waals surface area contributed by atoms with E-state index in [0.29, 0.717) is 21.2 Å². The molecule has 1 aromatic heterocycles. The third-order valence-corrected chi connectivity index (χ3v) is 4.53. The van der Waals surface area contributed by atoms with Crippen LogP contribution in [-0.4, -0.2) is 17.9 Å². The summed E-state index contributed by atoms with van der Waals surface area (Å²) < 4.78 is 32.6. The van der Waals surface area contributed by atoms with E-state index in [0.717, 1.165) is 29.0 Å². The van der Waals surface area contributed by atoms with Crippen molar-refractivity contribution in [1.29, 1.82) is 0 Å². The van der Waals surface area contributed by atoms with Gasteiger partial charge in [0, 0.05) is 13.1 Å². The van der Waals surface area contributed by atoms with Gasteiger partial charge in [0.05, 0.1) is 16.1 Å². The summed E-state index contributed by atoms with van der Waals surface area (Å²) >= 11 is 1.13. The minimum absolute atomic E-state index is 0.0705. The van der Waals surface area contributed by atoms with E-state index in [-0.39, 0.29) is 11.8 Å². The van der Waals surface area contributed by atoms with Crippen LogP contribution in [0.25, 0.3) is 10.2 Å². The van der Waals surface area contributed by atoms with Crippen LogP contribution in [0.15, 0.2) is 36.4 Å². The fraction of sp³-hybridized carbons (Fsp3) is 0.176. The Hall–Kier alpha value is -2.54. The second kappa shape index (κ2) is 6.52.